The van der Waals surface area contributed by atoms with Gasteiger partial charge in [0, 0.05) is 6.04 Å². The molecule has 0 saturated heterocycles. The van der Waals surface area contributed by atoms with Gasteiger partial charge >= 0.3 is 0 Å². The van der Waals surface area contributed by atoms with Crippen LogP contribution in [0.3, 0.4) is 0 Å². The Hall–Kier alpha value is -0.0800. The smallest absolute Gasteiger partial charge is 0.0694 e. The third-order valence-corrected chi connectivity index (χ3v) is 11.0. The van der Waals surface area contributed by atoms with Crippen molar-refractivity contribution in [3.8, 4) is 0 Å². The van der Waals surface area contributed by atoms with Crippen LogP contribution in [0.5, 0.6) is 0 Å². The van der Waals surface area contributed by atoms with Crippen molar-refractivity contribution >= 4 is 0 Å². The summed E-state index contributed by atoms with van der Waals surface area (Å²) in [6, 6.07) is 0.000571. The molecule has 29 heavy (non-hydrogen) atoms. The Morgan fingerprint density at radius 1 is 0.931 bits per heavy atom. The molecule has 0 aromatic rings. The predicted molar refractivity (Wildman–Crippen MR) is 122 cm³/mol. The largest absolute Gasteiger partial charge is 0.392 e. The van der Waals surface area contributed by atoms with E-state index in [1.165, 1.54) is 57.8 Å². The zero-order valence-electron chi connectivity index (χ0n) is 20.0. The van der Waals surface area contributed by atoms with Crippen LogP contribution in [0.25, 0.3) is 0 Å². The normalized spacial score (nSPS) is 50.7. The van der Waals surface area contributed by atoms with Gasteiger partial charge in [-0.2, -0.15) is 0 Å². The molecule has 0 aromatic heterocycles. The van der Waals surface area contributed by atoms with Crippen LogP contribution in [0.2, 0.25) is 0 Å². The molecule has 2 nitrogen and oxygen atoms in total. The van der Waals surface area contributed by atoms with Crippen LogP contribution < -0.4 is 5.73 Å². The highest BCUT2D eigenvalue weighted by Crippen LogP contribution is 2.68. The van der Waals surface area contributed by atoms with Gasteiger partial charge in [0.2, 0.25) is 0 Å². The third kappa shape index (κ3) is 3.73. The fraction of sp³-hybridized carbons (Fsp3) is 1.00. The molecular formula is C27H49NO. The molecular weight excluding hydrogens is 354 g/mol. The molecule has 4 saturated carbocycles. The lowest BCUT2D eigenvalue weighted by molar-refractivity contribution is -0.133. The Kier molecular flexibility index (Phi) is 6.19. The quantitative estimate of drug-likeness (QED) is 0.557. The van der Waals surface area contributed by atoms with Crippen molar-refractivity contribution in [2.24, 2.45) is 58.0 Å². The lowest BCUT2D eigenvalue weighted by Gasteiger charge is -2.62. The van der Waals surface area contributed by atoms with Gasteiger partial charge < -0.3 is 10.8 Å². The van der Waals surface area contributed by atoms with Crippen molar-refractivity contribution < 1.29 is 5.11 Å². The molecule has 4 aliphatic carbocycles. The van der Waals surface area contributed by atoms with Crippen molar-refractivity contribution in [2.45, 2.75) is 117 Å². The lowest BCUT2D eigenvalue weighted by atomic mass is 9.44. The molecule has 0 amide bonds. The van der Waals surface area contributed by atoms with Crippen LogP contribution in [0.1, 0.15) is 105 Å². The topological polar surface area (TPSA) is 46.2 Å². The first kappa shape index (κ1) is 22.1. The SMILES string of the molecule is CC(C)CCC[C@@H](C)[C@H]1CC[C@H]2[C@@H]3CC[C@H]4C[C@H](O)[C@H](N)C[C@]4(C)[C@H]3CC[C@]12C. The molecule has 4 aliphatic rings. The van der Waals surface area contributed by atoms with E-state index < -0.39 is 0 Å². The van der Waals surface area contributed by atoms with Crippen molar-refractivity contribution in [2.75, 3.05) is 0 Å². The summed E-state index contributed by atoms with van der Waals surface area (Å²) < 4.78 is 0. The summed E-state index contributed by atoms with van der Waals surface area (Å²) in [4.78, 5) is 0. The van der Waals surface area contributed by atoms with Gasteiger partial charge in [0.15, 0.2) is 0 Å². The van der Waals surface area contributed by atoms with Crippen LogP contribution in [-0.2, 0) is 0 Å². The minimum atomic E-state index is -0.263. The molecule has 0 bridgehead atoms. The molecule has 0 aliphatic heterocycles. The maximum absolute atomic E-state index is 10.4. The van der Waals surface area contributed by atoms with E-state index in [4.69, 9.17) is 5.73 Å². The highest BCUT2D eigenvalue weighted by molar-refractivity contribution is 5.10. The van der Waals surface area contributed by atoms with E-state index >= 15 is 0 Å². The number of hydrogen-bond acceptors (Lipinski definition) is 2. The summed E-state index contributed by atoms with van der Waals surface area (Å²) in [5.74, 6) is 6.11. The molecule has 0 spiro atoms. The van der Waals surface area contributed by atoms with E-state index in [1.54, 1.807) is 0 Å². The Labute approximate surface area is 180 Å². The van der Waals surface area contributed by atoms with Crippen molar-refractivity contribution in [1.29, 1.82) is 0 Å². The first-order valence-corrected chi connectivity index (χ1v) is 13.1. The van der Waals surface area contributed by atoms with E-state index in [2.05, 4.69) is 34.6 Å². The fourth-order valence-corrected chi connectivity index (χ4v) is 9.37. The molecule has 0 heterocycles. The maximum atomic E-state index is 10.4. The summed E-state index contributed by atoms with van der Waals surface area (Å²) in [5, 5.41) is 10.4. The molecule has 0 radical (unpaired) electrons. The molecule has 10 atom stereocenters. The average molecular weight is 404 g/mol. The van der Waals surface area contributed by atoms with E-state index in [9.17, 15) is 5.11 Å². The second-order valence-electron chi connectivity index (χ2n) is 12.9. The van der Waals surface area contributed by atoms with Crippen LogP contribution in [0.4, 0.5) is 0 Å². The first-order valence-electron chi connectivity index (χ1n) is 13.1. The fourth-order valence-electron chi connectivity index (χ4n) is 9.37. The molecule has 2 heteroatoms. The highest BCUT2D eigenvalue weighted by Gasteiger charge is 2.61. The summed E-state index contributed by atoms with van der Waals surface area (Å²) in [6.45, 7) is 12.6. The van der Waals surface area contributed by atoms with Gasteiger partial charge in [0.05, 0.1) is 6.10 Å². The van der Waals surface area contributed by atoms with Gasteiger partial charge in [-0.05, 0) is 104 Å². The van der Waals surface area contributed by atoms with Crippen LogP contribution in [-0.4, -0.2) is 17.3 Å². The van der Waals surface area contributed by atoms with Crippen LogP contribution in [0.15, 0.2) is 0 Å². The van der Waals surface area contributed by atoms with Gasteiger partial charge in [0.1, 0.15) is 0 Å². The summed E-state index contributed by atoms with van der Waals surface area (Å²) in [6.07, 6.45) is 14.6. The van der Waals surface area contributed by atoms with E-state index in [0.717, 1.165) is 48.3 Å². The van der Waals surface area contributed by atoms with Gasteiger partial charge in [-0.25, -0.2) is 0 Å². The number of rotatable bonds is 5. The first-order chi connectivity index (χ1) is 13.7. The minimum absolute atomic E-state index is 0.000571. The Morgan fingerprint density at radius 3 is 2.38 bits per heavy atom. The summed E-state index contributed by atoms with van der Waals surface area (Å²) >= 11 is 0. The standard InChI is InChI=1S/C27H49NO/c1-17(2)7-6-8-18(3)21-11-12-22-20-10-9-19-15-25(29)24(28)16-27(19,5)23(20)13-14-26(21,22)4/h17-25,29H,6-16,28H2,1-5H3/t18-,19+,20+,21-,22+,23+,24-,25+,26-,27+/m1/s1. The number of nitrogens with two attached hydrogens (primary N) is 1. The summed E-state index contributed by atoms with van der Waals surface area (Å²) in [5.41, 5.74) is 7.36. The van der Waals surface area contributed by atoms with Gasteiger partial charge in [-0.15, -0.1) is 0 Å². The second kappa shape index (κ2) is 8.12. The van der Waals surface area contributed by atoms with E-state index in [0.29, 0.717) is 16.7 Å². The van der Waals surface area contributed by atoms with Crippen molar-refractivity contribution in [3.05, 3.63) is 0 Å². The van der Waals surface area contributed by atoms with E-state index in [-0.39, 0.29) is 12.1 Å². The monoisotopic (exact) mass is 403 g/mol. The Balaban J connectivity index is 1.47. The number of hydrogen-bond donors (Lipinski definition) is 2. The average Bonchev–Trinajstić information content (AvgIpc) is 3.00. The molecule has 0 aromatic carbocycles. The van der Waals surface area contributed by atoms with Gasteiger partial charge in [-0.1, -0.05) is 53.9 Å². The molecule has 0 unspecified atom stereocenters. The Morgan fingerprint density at radius 2 is 1.66 bits per heavy atom. The number of aliphatic hydroxyl groups is 1. The van der Waals surface area contributed by atoms with Gasteiger partial charge in [-0.3, -0.25) is 0 Å². The van der Waals surface area contributed by atoms with Crippen LogP contribution >= 0.6 is 0 Å². The number of fused-ring (bicyclic) bond motifs is 5. The second-order valence-corrected chi connectivity index (χ2v) is 12.9. The summed E-state index contributed by atoms with van der Waals surface area (Å²) in [7, 11) is 0. The highest BCUT2D eigenvalue weighted by atomic mass is 16.3. The van der Waals surface area contributed by atoms with Crippen molar-refractivity contribution in [1.82, 2.24) is 0 Å². The van der Waals surface area contributed by atoms with Crippen LogP contribution in [0, 0.1) is 52.3 Å². The molecule has 4 fully saturated rings. The Bertz CT molecular complexity index is 575. The number of aliphatic hydroxyl groups excluding tert-OH is 1. The zero-order valence-corrected chi connectivity index (χ0v) is 20.0. The van der Waals surface area contributed by atoms with Gasteiger partial charge in [0.25, 0.3) is 0 Å². The third-order valence-electron chi connectivity index (χ3n) is 11.0. The predicted octanol–water partition coefficient (Wildman–Crippen LogP) is 6.41. The molecule has 4 rings (SSSR count). The van der Waals surface area contributed by atoms with Crippen molar-refractivity contribution in [3.63, 3.8) is 0 Å². The minimum Gasteiger partial charge on any atom is -0.392 e. The molecule has 3 N–H and O–H groups in total. The maximum Gasteiger partial charge on any atom is 0.0694 e. The molecule has 168 valence electrons. The van der Waals surface area contributed by atoms with E-state index in [1.807, 2.05) is 0 Å². The lowest BCUT2D eigenvalue weighted by Crippen LogP contribution is -2.58. The zero-order chi connectivity index (χ0) is 21.0.